The van der Waals surface area contributed by atoms with E-state index in [1.165, 1.54) is 24.4 Å². The number of alkyl halides is 2. The van der Waals surface area contributed by atoms with Crippen LogP contribution in [-0.2, 0) is 16.4 Å². The van der Waals surface area contributed by atoms with Crippen molar-refractivity contribution >= 4 is 16.0 Å². The zero-order valence-electron chi connectivity index (χ0n) is 10.9. The predicted octanol–water partition coefficient (Wildman–Crippen LogP) is 2.64. The van der Waals surface area contributed by atoms with Gasteiger partial charge in [-0.3, -0.25) is 0 Å². The van der Waals surface area contributed by atoms with Crippen LogP contribution in [0.4, 0.5) is 14.8 Å². The van der Waals surface area contributed by atoms with E-state index in [-0.39, 0.29) is 16.7 Å². The van der Waals surface area contributed by atoms with E-state index in [9.17, 15) is 17.2 Å². The number of hydrogen-bond donors (Lipinski definition) is 1. The molecular weight excluding hydrogens is 306 g/mol. The highest BCUT2D eigenvalue weighted by Crippen LogP contribution is 2.21. The van der Waals surface area contributed by atoms with Gasteiger partial charge in [-0.2, -0.15) is 8.78 Å². The first-order valence-corrected chi connectivity index (χ1v) is 7.41. The van der Waals surface area contributed by atoms with E-state index in [2.05, 4.69) is 14.4 Å². The molecule has 2 aromatic rings. The smallest absolute Gasteiger partial charge is 0.387 e. The maximum atomic E-state index is 12.1. The van der Waals surface area contributed by atoms with Crippen molar-refractivity contribution in [1.82, 2.24) is 4.98 Å². The highest BCUT2D eigenvalue weighted by molar-refractivity contribution is 7.92. The molecule has 0 amide bonds. The lowest BCUT2D eigenvalue weighted by atomic mass is 10.3. The van der Waals surface area contributed by atoms with Crippen LogP contribution in [0.15, 0.2) is 39.8 Å². The molecule has 0 saturated carbocycles. The number of anilines is 1. The van der Waals surface area contributed by atoms with Gasteiger partial charge >= 0.3 is 12.6 Å². The molecule has 0 unspecified atom stereocenters. The van der Waals surface area contributed by atoms with E-state index in [0.29, 0.717) is 12.2 Å². The first kappa shape index (κ1) is 15.2. The van der Waals surface area contributed by atoms with Gasteiger partial charge in [0.1, 0.15) is 11.5 Å². The molecule has 1 N–H and O–H groups in total. The Bertz CT molecular complexity index is 716. The van der Waals surface area contributed by atoms with Crippen molar-refractivity contribution in [3.05, 3.63) is 36.2 Å². The van der Waals surface area contributed by atoms with Gasteiger partial charge in [0.15, 0.2) is 0 Å². The molecule has 6 nitrogen and oxygen atoms in total. The Morgan fingerprint density at radius 2 is 2.19 bits per heavy atom. The molecule has 1 aromatic carbocycles. The van der Waals surface area contributed by atoms with Crippen LogP contribution in [0.25, 0.3) is 0 Å². The maximum absolute atomic E-state index is 12.1. The molecule has 114 valence electrons. The SMILES string of the molecule is CCc1cnc(NS(=O)(=O)c2cccc(OC(F)F)c2)o1. The van der Waals surface area contributed by atoms with Crippen molar-refractivity contribution in [3.8, 4) is 5.75 Å². The molecule has 1 aromatic heterocycles. The van der Waals surface area contributed by atoms with Gasteiger partial charge in [-0.25, -0.2) is 18.1 Å². The first-order chi connectivity index (χ1) is 9.90. The number of rotatable bonds is 6. The average molecular weight is 318 g/mol. The number of nitrogens with zero attached hydrogens (tertiary/aromatic N) is 1. The van der Waals surface area contributed by atoms with Crippen molar-refractivity contribution in [3.63, 3.8) is 0 Å². The van der Waals surface area contributed by atoms with Crippen molar-refractivity contribution < 1.29 is 26.4 Å². The normalized spacial score (nSPS) is 11.6. The van der Waals surface area contributed by atoms with Crippen molar-refractivity contribution in [1.29, 1.82) is 0 Å². The van der Waals surface area contributed by atoms with Gasteiger partial charge in [0.2, 0.25) is 0 Å². The van der Waals surface area contributed by atoms with Gasteiger partial charge in [0, 0.05) is 12.5 Å². The molecule has 0 spiro atoms. The summed E-state index contributed by atoms with van der Waals surface area (Å²) < 4.78 is 59.8. The number of halogens is 2. The fraction of sp³-hybridized carbons (Fsp3) is 0.250. The third kappa shape index (κ3) is 3.91. The lowest BCUT2D eigenvalue weighted by Gasteiger charge is -2.07. The van der Waals surface area contributed by atoms with Crippen LogP contribution in [0.3, 0.4) is 0 Å². The fourth-order valence-electron chi connectivity index (χ4n) is 1.51. The van der Waals surface area contributed by atoms with Gasteiger partial charge in [-0.05, 0) is 12.1 Å². The predicted molar refractivity (Wildman–Crippen MR) is 69.8 cm³/mol. The molecule has 0 bridgehead atoms. The fourth-order valence-corrected chi connectivity index (χ4v) is 2.48. The Balaban J connectivity index is 2.22. The highest BCUT2D eigenvalue weighted by atomic mass is 32.2. The molecule has 0 radical (unpaired) electrons. The van der Waals surface area contributed by atoms with Crippen LogP contribution in [0, 0.1) is 0 Å². The Morgan fingerprint density at radius 3 is 2.81 bits per heavy atom. The Kier molecular flexibility index (Phi) is 4.41. The molecule has 0 saturated heterocycles. The Morgan fingerprint density at radius 1 is 1.43 bits per heavy atom. The molecule has 2 rings (SSSR count). The largest absolute Gasteiger partial charge is 0.435 e. The van der Waals surface area contributed by atoms with Crippen LogP contribution in [0.5, 0.6) is 5.75 Å². The lowest BCUT2D eigenvalue weighted by molar-refractivity contribution is -0.0499. The second-order valence-electron chi connectivity index (χ2n) is 3.94. The van der Waals surface area contributed by atoms with Gasteiger partial charge in [0.05, 0.1) is 11.1 Å². The number of aromatic nitrogens is 1. The summed E-state index contributed by atoms with van der Waals surface area (Å²) in [6.45, 7) is -1.21. The molecular formula is C12H12F2N2O4S. The standard InChI is InChI=1S/C12H12F2N2O4S/c1-2-8-7-15-12(20-8)16-21(17,18)10-5-3-4-9(6-10)19-11(13)14/h3-7,11H,2H2,1H3,(H,15,16). The summed E-state index contributed by atoms with van der Waals surface area (Å²) >= 11 is 0. The quantitative estimate of drug-likeness (QED) is 0.885. The van der Waals surface area contributed by atoms with Crippen LogP contribution < -0.4 is 9.46 Å². The zero-order valence-corrected chi connectivity index (χ0v) is 11.7. The molecule has 21 heavy (non-hydrogen) atoms. The van der Waals surface area contributed by atoms with Crippen molar-refractivity contribution in [2.75, 3.05) is 4.72 Å². The number of oxazole rings is 1. The zero-order chi connectivity index (χ0) is 15.5. The van der Waals surface area contributed by atoms with Crippen LogP contribution in [0.1, 0.15) is 12.7 Å². The van der Waals surface area contributed by atoms with Crippen LogP contribution in [0.2, 0.25) is 0 Å². The second-order valence-corrected chi connectivity index (χ2v) is 5.63. The summed E-state index contributed by atoms with van der Waals surface area (Å²) in [5, 5.41) is 0. The third-order valence-corrected chi connectivity index (χ3v) is 3.78. The topological polar surface area (TPSA) is 81.4 Å². The third-order valence-electron chi connectivity index (χ3n) is 2.46. The van der Waals surface area contributed by atoms with E-state index >= 15 is 0 Å². The monoisotopic (exact) mass is 318 g/mol. The van der Waals surface area contributed by atoms with E-state index in [1.54, 1.807) is 0 Å². The molecule has 9 heteroatoms. The number of nitrogens with one attached hydrogen (secondary N) is 1. The lowest BCUT2D eigenvalue weighted by Crippen LogP contribution is -2.13. The number of sulfonamides is 1. The average Bonchev–Trinajstić information content (AvgIpc) is 2.85. The molecule has 0 aliphatic heterocycles. The summed E-state index contributed by atoms with van der Waals surface area (Å²) in [5.74, 6) is 0.261. The summed E-state index contributed by atoms with van der Waals surface area (Å²) in [5.41, 5.74) is 0. The number of benzene rings is 1. The van der Waals surface area contributed by atoms with Crippen LogP contribution in [-0.4, -0.2) is 20.0 Å². The maximum Gasteiger partial charge on any atom is 0.387 e. The Hall–Kier alpha value is -2.16. The highest BCUT2D eigenvalue weighted by Gasteiger charge is 2.18. The van der Waals surface area contributed by atoms with Crippen LogP contribution >= 0.6 is 0 Å². The van der Waals surface area contributed by atoms with E-state index < -0.39 is 16.6 Å². The van der Waals surface area contributed by atoms with Crippen molar-refractivity contribution in [2.24, 2.45) is 0 Å². The Labute approximate surface area is 119 Å². The molecule has 0 aliphatic rings. The molecule has 0 atom stereocenters. The van der Waals surface area contributed by atoms with Gasteiger partial charge in [0.25, 0.3) is 10.0 Å². The summed E-state index contributed by atoms with van der Waals surface area (Å²) in [4.78, 5) is 3.52. The minimum Gasteiger partial charge on any atom is -0.435 e. The minimum absolute atomic E-state index is 0.188. The molecule has 0 aliphatic carbocycles. The summed E-state index contributed by atoms with van der Waals surface area (Å²) in [7, 11) is -4.00. The number of hydrogen-bond acceptors (Lipinski definition) is 5. The molecule has 0 fully saturated rings. The van der Waals surface area contributed by atoms with E-state index in [1.807, 2.05) is 6.92 Å². The minimum atomic E-state index is -4.00. The number of ether oxygens (including phenoxy) is 1. The van der Waals surface area contributed by atoms with Crippen molar-refractivity contribution in [2.45, 2.75) is 24.9 Å². The summed E-state index contributed by atoms with van der Waals surface area (Å²) in [6, 6.07) is 4.56. The van der Waals surface area contributed by atoms with E-state index in [0.717, 1.165) is 6.07 Å². The van der Waals surface area contributed by atoms with E-state index in [4.69, 9.17) is 4.42 Å². The van der Waals surface area contributed by atoms with Gasteiger partial charge < -0.3 is 9.15 Å². The number of aryl methyl sites for hydroxylation is 1. The van der Waals surface area contributed by atoms with Gasteiger partial charge in [-0.1, -0.05) is 13.0 Å². The van der Waals surface area contributed by atoms with Gasteiger partial charge in [-0.15, -0.1) is 0 Å². The first-order valence-electron chi connectivity index (χ1n) is 5.93. The molecule has 1 heterocycles. The summed E-state index contributed by atoms with van der Waals surface area (Å²) in [6.07, 6.45) is 1.96. The second kappa shape index (κ2) is 6.08.